The number of allylic oxidation sites excluding steroid dienone is 4. The number of aromatic amines is 1. The smallest absolute Gasteiger partial charge is 0.253 e. The van der Waals surface area contributed by atoms with Gasteiger partial charge < -0.3 is 4.98 Å². The first-order valence-corrected chi connectivity index (χ1v) is 13.6. The number of amides is 2. The molecule has 3 aliphatic rings. The van der Waals surface area contributed by atoms with Gasteiger partial charge in [0, 0.05) is 47.7 Å². The maximum Gasteiger partial charge on any atom is 0.253 e. The van der Waals surface area contributed by atoms with Crippen LogP contribution in [0.3, 0.4) is 0 Å². The number of aromatic nitrogens is 1. The molecule has 0 unspecified atom stereocenters. The van der Waals surface area contributed by atoms with Crippen LogP contribution in [0.5, 0.6) is 0 Å². The van der Waals surface area contributed by atoms with Crippen LogP contribution >= 0.6 is 0 Å². The van der Waals surface area contributed by atoms with Crippen molar-refractivity contribution < 1.29 is 19.2 Å². The molecular formula is C32H44N2O5. The quantitative estimate of drug-likeness (QED) is 0.416. The first-order chi connectivity index (χ1) is 17.8. The highest BCUT2D eigenvalue weighted by molar-refractivity contribution is 6.08. The van der Waals surface area contributed by atoms with E-state index in [1.54, 1.807) is 12.3 Å². The minimum Gasteiger partial charge on any atom is -0.329 e. The highest BCUT2D eigenvalue weighted by Gasteiger charge is 2.32. The SMILES string of the molecule is CC(C)(C)C1=CC2=C(CCCC2=O)CC1=O.CC(C)(C)C1=CCC(=O)NC1=O.CC(C)(C)c1ccc[nH]c1=O. The molecule has 0 bridgehead atoms. The molecule has 7 nitrogen and oxygen atoms in total. The van der Waals surface area contributed by atoms with Crippen LogP contribution in [0.2, 0.25) is 0 Å². The van der Waals surface area contributed by atoms with E-state index in [-0.39, 0.29) is 45.2 Å². The van der Waals surface area contributed by atoms with Gasteiger partial charge in [0.2, 0.25) is 5.91 Å². The molecule has 212 valence electrons. The number of carbonyl (C=O) groups is 4. The predicted molar refractivity (Wildman–Crippen MR) is 154 cm³/mol. The number of Topliss-reactive ketones (excluding diaryl/α,β-unsaturated/α-hetero) is 2. The third-order valence-electron chi connectivity index (χ3n) is 6.76. The Bertz CT molecular complexity index is 1290. The highest BCUT2D eigenvalue weighted by Crippen LogP contribution is 2.37. The van der Waals surface area contributed by atoms with E-state index < -0.39 is 0 Å². The molecule has 1 aromatic rings. The Morgan fingerprint density at radius 3 is 1.85 bits per heavy atom. The van der Waals surface area contributed by atoms with Crippen molar-refractivity contribution in [3.05, 3.63) is 68.7 Å². The molecule has 39 heavy (non-hydrogen) atoms. The summed E-state index contributed by atoms with van der Waals surface area (Å²) in [6.45, 7) is 18.0. The summed E-state index contributed by atoms with van der Waals surface area (Å²) in [4.78, 5) is 59.7. The molecule has 2 amide bonds. The van der Waals surface area contributed by atoms with E-state index in [9.17, 15) is 24.0 Å². The van der Waals surface area contributed by atoms with Gasteiger partial charge >= 0.3 is 0 Å². The summed E-state index contributed by atoms with van der Waals surface area (Å²) in [5.74, 6) is -0.0526. The molecule has 0 fully saturated rings. The van der Waals surface area contributed by atoms with Crippen LogP contribution in [0.1, 0.15) is 100.0 Å². The maximum atomic E-state index is 12.0. The second-order valence-electron chi connectivity index (χ2n) is 13.3. The molecule has 1 aliphatic heterocycles. The predicted octanol–water partition coefficient (Wildman–Crippen LogP) is 5.66. The van der Waals surface area contributed by atoms with Crippen molar-refractivity contribution in [1.29, 1.82) is 0 Å². The summed E-state index contributed by atoms with van der Waals surface area (Å²) < 4.78 is 0. The molecule has 0 spiro atoms. The summed E-state index contributed by atoms with van der Waals surface area (Å²) >= 11 is 0. The lowest BCUT2D eigenvalue weighted by Gasteiger charge is -2.28. The monoisotopic (exact) mass is 536 g/mol. The van der Waals surface area contributed by atoms with Crippen LogP contribution in [0.15, 0.2) is 57.6 Å². The molecule has 0 saturated heterocycles. The van der Waals surface area contributed by atoms with Gasteiger partial charge in [0.15, 0.2) is 11.6 Å². The van der Waals surface area contributed by atoms with Gasteiger partial charge in [-0.15, -0.1) is 0 Å². The summed E-state index contributed by atoms with van der Waals surface area (Å²) in [5, 5.41) is 2.29. The Labute approximate surface area is 232 Å². The number of pyridine rings is 1. The highest BCUT2D eigenvalue weighted by atomic mass is 16.2. The van der Waals surface area contributed by atoms with Crippen LogP contribution in [0, 0.1) is 10.8 Å². The van der Waals surface area contributed by atoms with E-state index >= 15 is 0 Å². The zero-order valence-electron chi connectivity index (χ0n) is 25.0. The number of ketones is 2. The number of imide groups is 1. The molecule has 0 radical (unpaired) electrons. The molecule has 2 N–H and O–H groups in total. The fourth-order valence-corrected chi connectivity index (χ4v) is 4.64. The van der Waals surface area contributed by atoms with E-state index in [1.807, 2.05) is 80.5 Å². The van der Waals surface area contributed by atoms with Gasteiger partial charge in [-0.2, -0.15) is 0 Å². The fourth-order valence-electron chi connectivity index (χ4n) is 4.64. The molecule has 2 heterocycles. The second kappa shape index (κ2) is 12.2. The van der Waals surface area contributed by atoms with E-state index in [0.717, 1.165) is 35.1 Å². The molecule has 4 rings (SSSR count). The molecular weight excluding hydrogens is 492 g/mol. The van der Waals surface area contributed by atoms with E-state index in [0.29, 0.717) is 24.8 Å². The first kappa shape index (κ1) is 31.9. The molecule has 2 aliphatic carbocycles. The van der Waals surface area contributed by atoms with Crippen LogP contribution in [-0.4, -0.2) is 28.4 Å². The minimum absolute atomic E-state index is 0.0139. The number of carbonyl (C=O) groups excluding carboxylic acids is 4. The fraction of sp³-hybridized carbons (Fsp3) is 0.531. The summed E-state index contributed by atoms with van der Waals surface area (Å²) in [5.41, 5.74) is 3.85. The van der Waals surface area contributed by atoms with Crippen molar-refractivity contribution in [2.24, 2.45) is 10.8 Å². The number of hydrogen-bond donors (Lipinski definition) is 2. The minimum atomic E-state index is -0.251. The summed E-state index contributed by atoms with van der Waals surface area (Å²) in [7, 11) is 0. The van der Waals surface area contributed by atoms with Gasteiger partial charge in [0.05, 0.1) is 0 Å². The van der Waals surface area contributed by atoms with Gasteiger partial charge in [-0.1, -0.05) is 80.0 Å². The Hall–Kier alpha value is -3.35. The Balaban J connectivity index is 0.000000210. The number of rotatable bonds is 0. The molecule has 0 aromatic carbocycles. The molecule has 0 atom stereocenters. The van der Waals surface area contributed by atoms with Crippen molar-refractivity contribution in [2.75, 3.05) is 0 Å². The van der Waals surface area contributed by atoms with Gasteiger partial charge in [0.1, 0.15) is 0 Å². The van der Waals surface area contributed by atoms with Crippen molar-refractivity contribution in [2.45, 2.75) is 99.8 Å². The van der Waals surface area contributed by atoms with Gasteiger partial charge in [-0.05, 0) is 41.2 Å². The van der Waals surface area contributed by atoms with E-state index in [1.165, 1.54) is 0 Å². The van der Waals surface area contributed by atoms with Crippen molar-refractivity contribution in [3.63, 3.8) is 0 Å². The normalized spacial score (nSPS) is 18.1. The van der Waals surface area contributed by atoms with Crippen molar-refractivity contribution >= 4 is 23.4 Å². The Kier molecular flexibility index (Phi) is 9.99. The van der Waals surface area contributed by atoms with Crippen LogP contribution < -0.4 is 10.9 Å². The van der Waals surface area contributed by atoms with E-state index in [2.05, 4.69) is 10.3 Å². The lowest BCUT2D eigenvalue weighted by atomic mass is 9.74. The number of H-pyrrole nitrogens is 1. The topological polar surface area (TPSA) is 113 Å². The average molecular weight is 537 g/mol. The molecule has 1 aromatic heterocycles. The van der Waals surface area contributed by atoms with Crippen molar-refractivity contribution in [1.82, 2.24) is 10.3 Å². The Morgan fingerprint density at radius 1 is 0.744 bits per heavy atom. The van der Waals surface area contributed by atoms with Crippen LogP contribution in [0.4, 0.5) is 0 Å². The second-order valence-corrected chi connectivity index (χ2v) is 13.3. The zero-order valence-corrected chi connectivity index (χ0v) is 25.0. The largest absolute Gasteiger partial charge is 0.329 e. The van der Waals surface area contributed by atoms with Crippen LogP contribution in [-0.2, 0) is 24.6 Å². The van der Waals surface area contributed by atoms with Crippen molar-refractivity contribution in [3.8, 4) is 0 Å². The lowest BCUT2D eigenvalue weighted by Crippen LogP contribution is -2.38. The lowest BCUT2D eigenvalue weighted by molar-refractivity contribution is -0.129. The maximum absolute atomic E-state index is 12.0. The molecule has 7 heteroatoms. The van der Waals surface area contributed by atoms with E-state index in [4.69, 9.17) is 0 Å². The summed E-state index contributed by atoms with van der Waals surface area (Å²) in [6.07, 6.45) is 8.45. The number of nitrogens with one attached hydrogen (secondary N) is 2. The average Bonchev–Trinajstić information content (AvgIpc) is 2.77. The van der Waals surface area contributed by atoms with Crippen LogP contribution in [0.25, 0.3) is 0 Å². The number of hydrogen-bond acceptors (Lipinski definition) is 5. The summed E-state index contributed by atoms with van der Waals surface area (Å²) in [6, 6.07) is 3.71. The third-order valence-corrected chi connectivity index (χ3v) is 6.76. The van der Waals surface area contributed by atoms with Gasteiger partial charge in [0.25, 0.3) is 11.5 Å². The van der Waals surface area contributed by atoms with Gasteiger partial charge in [-0.3, -0.25) is 29.3 Å². The Morgan fingerprint density at radius 2 is 1.36 bits per heavy atom. The zero-order chi connectivity index (χ0) is 29.8. The first-order valence-electron chi connectivity index (χ1n) is 13.6. The standard InChI is InChI=1S/C14H18O2.C9H13NO2.C9H13NO/c1-14(2,3)11-8-10-9(7-13(11)16)5-4-6-12(10)15;1-9(2,3)6-4-5-7(11)10-8(6)12;1-9(2,3)7-5-4-6-10-8(7)11/h8H,4-7H2,1-3H3;4H,5H2,1-3H3,(H,10,11,12);4-6H,1-3H3,(H,10,11). The van der Waals surface area contributed by atoms with Gasteiger partial charge in [-0.25, -0.2) is 0 Å². The molecule has 0 saturated carbocycles. The third kappa shape index (κ3) is 8.84.